The van der Waals surface area contributed by atoms with Gasteiger partial charge in [0.2, 0.25) is 5.91 Å². The molecule has 4 atom stereocenters. The zero-order valence-electron chi connectivity index (χ0n) is 15.5. The van der Waals surface area contributed by atoms with E-state index >= 15 is 0 Å². The molecule has 27 heavy (non-hydrogen) atoms. The number of amides is 1. The third kappa shape index (κ3) is 3.08. The van der Waals surface area contributed by atoms with Crippen molar-refractivity contribution in [2.75, 3.05) is 5.32 Å². The van der Waals surface area contributed by atoms with Gasteiger partial charge in [0.05, 0.1) is 17.5 Å². The van der Waals surface area contributed by atoms with Gasteiger partial charge in [0, 0.05) is 10.4 Å². The molecule has 2 aliphatic carbocycles. The van der Waals surface area contributed by atoms with E-state index in [4.69, 9.17) is 0 Å². The second kappa shape index (κ2) is 6.60. The van der Waals surface area contributed by atoms with Crippen LogP contribution in [0.1, 0.15) is 22.4 Å². The van der Waals surface area contributed by atoms with Gasteiger partial charge in [-0.25, -0.2) is 4.98 Å². The Morgan fingerprint density at radius 3 is 2.48 bits per heavy atom. The molecule has 2 aromatic rings. The molecule has 2 bridgehead atoms. The number of fused-ring (bicyclic) bond motifs is 2. The lowest BCUT2D eigenvalue weighted by molar-refractivity contribution is -0.146. The highest BCUT2D eigenvalue weighted by atomic mass is 32.1. The van der Waals surface area contributed by atoms with Crippen LogP contribution in [0.15, 0.2) is 30.4 Å². The minimum Gasteiger partial charge on any atom is -0.481 e. The number of anilines is 1. The predicted octanol–water partition coefficient (Wildman–Crippen LogP) is 4.20. The molecule has 1 amide bonds. The number of nitrogens with one attached hydrogen (secondary N) is 1. The maximum atomic E-state index is 12.8. The molecule has 1 fully saturated rings. The van der Waals surface area contributed by atoms with Crippen LogP contribution in [0.3, 0.4) is 0 Å². The number of benzene rings is 1. The molecule has 0 radical (unpaired) electrons. The Labute approximate surface area is 162 Å². The number of carbonyl (C=O) groups is 2. The zero-order chi connectivity index (χ0) is 19.3. The van der Waals surface area contributed by atoms with Gasteiger partial charge in [-0.05, 0) is 56.2 Å². The molecule has 4 unspecified atom stereocenters. The summed E-state index contributed by atoms with van der Waals surface area (Å²) < 4.78 is 0. The third-order valence-electron chi connectivity index (χ3n) is 5.85. The molecular formula is C21H22N2O3S. The smallest absolute Gasteiger partial charge is 0.307 e. The number of allylic oxidation sites excluding steroid dienone is 2. The van der Waals surface area contributed by atoms with Gasteiger partial charge in [0.25, 0.3) is 0 Å². The first-order chi connectivity index (χ1) is 12.8. The van der Waals surface area contributed by atoms with Crippen LogP contribution >= 0.6 is 11.3 Å². The summed E-state index contributed by atoms with van der Waals surface area (Å²) in [5.41, 5.74) is 4.31. The summed E-state index contributed by atoms with van der Waals surface area (Å²) in [5.74, 6) is -2.31. The van der Waals surface area contributed by atoms with Crippen LogP contribution in [0.4, 0.5) is 5.13 Å². The molecule has 0 saturated heterocycles. The Bertz CT molecular complexity index is 962. The first-order valence-electron chi connectivity index (χ1n) is 9.12. The normalized spacial score (nSPS) is 25.7. The van der Waals surface area contributed by atoms with Gasteiger partial charge < -0.3 is 10.4 Å². The van der Waals surface area contributed by atoms with Crippen molar-refractivity contribution in [2.24, 2.45) is 23.7 Å². The van der Waals surface area contributed by atoms with Crippen LogP contribution in [-0.4, -0.2) is 22.0 Å². The van der Waals surface area contributed by atoms with Crippen molar-refractivity contribution in [1.29, 1.82) is 0 Å². The highest BCUT2D eigenvalue weighted by molar-refractivity contribution is 7.16. The van der Waals surface area contributed by atoms with Gasteiger partial charge in [-0.15, -0.1) is 11.3 Å². The van der Waals surface area contributed by atoms with E-state index in [0.717, 1.165) is 22.6 Å². The summed E-state index contributed by atoms with van der Waals surface area (Å²) in [6.45, 7) is 6.12. The van der Waals surface area contributed by atoms with Crippen molar-refractivity contribution in [3.8, 4) is 11.3 Å². The first-order valence-corrected chi connectivity index (χ1v) is 9.94. The van der Waals surface area contributed by atoms with Gasteiger partial charge >= 0.3 is 5.97 Å². The van der Waals surface area contributed by atoms with Gasteiger partial charge in [0.15, 0.2) is 5.13 Å². The molecule has 140 valence electrons. The summed E-state index contributed by atoms with van der Waals surface area (Å²) in [4.78, 5) is 30.1. The molecule has 0 aliphatic heterocycles. The summed E-state index contributed by atoms with van der Waals surface area (Å²) in [5, 5.41) is 13.0. The molecule has 2 aliphatic rings. The van der Waals surface area contributed by atoms with E-state index in [1.807, 2.05) is 25.1 Å². The van der Waals surface area contributed by atoms with Crippen LogP contribution in [0.25, 0.3) is 11.3 Å². The van der Waals surface area contributed by atoms with Crippen molar-refractivity contribution in [2.45, 2.75) is 27.2 Å². The van der Waals surface area contributed by atoms with E-state index in [1.165, 1.54) is 22.5 Å². The van der Waals surface area contributed by atoms with Crippen molar-refractivity contribution >= 4 is 28.3 Å². The van der Waals surface area contributed by atoms with Crippen molar-refractivity contribution in [1.82, 2.24) is 4.98 Å². The third-order valence-corrected chi connectivity index (χ3v) is 6.74. The lowest BCUT2D eigenvalue weighted by Gasteiger charge is -2.23. The Balaban J connectivity index is 1.57. The van der Waals surface area contributed by atoms with Crippen LogP contribution in [0.2, 0.25) is 0 Å². The van der Waals surface area contributed by atoms with E-state index in [1.54, 1.807) is 0 Å². The minimum atomic E-state index is -0.891. The van der Waals surface area contributed by atoms with Crippen LogP contribution in [0.5, 0.6) is 0 Å². The molecule has 1 aromatic heterocycles. The average molecular weight is 382 g/mol. The number of hydrogen-bond acceptors (Lipinski definition) is 4. The topological polar surface area (TPSA) is 79.3 Å². The Hall–Kier alpha value is -2.47. The van der Waals surface area contributed by atoms with Crippen LogP contribution < -0.4 is 5.32 Å². The number of nitrogens with zero attached hydrogens (tertiary/aromatic N) is 1. The van der Waals surface area contributed by atoms with Crippen molar-refractivity contribution < 1.29 is 14.7 Å². The Morgan fingerprint density at radius 1 is 1.11 bits per heavy atom. The number of aliphatic carboxylic acids is 1. The summed E-state index contributed by atoms with van der Waals surface area (Å²) in [7, 11) is 0. The molecule has 5 nitrogen and oxygen atoms in total. The van der Waals surface area contributed by atoms with E-state index in [-0.39, 0.29) is 17.7 Å². The number of thiazole rings is 1. The number of hydrogen-bond donors (Lipinski definition) is 2. The monoisotopic (exact) mass is 382 g/mol. The SMILES string of the molecule is Cc1ccc(-c2nc(NC(=O)C3C4C=CC(C4)C3C(=O)O)sc2C)cc1C. The molecule has 4 rings (SSSR count). The highest BCUT2D eigenvalue weighted by Crippen LogP contribution is 2.48. The molecule has 0 spiro atoms. The maximum Gasteiger partial charge on any atom is 0.307 e. The quantitative estimate of drug-likeness (QED) is 0.777. The minimum absolute atomic E-state index is 0.0105. The molecule has 6 heteroatoms. The molecule has 1 aromatic carbocycles. The van der Waals surface area contributed by atoms with E-state index in [0.29, 0.717) is 5.13 Å². The van der Waals surface area contributed by atoms with Crippen LogP contribution in [0, 0.1) is 44.4 Å². The number of aromatic nitrogens is 1. The second-order valence-electron chi connectivity index (χ2n) is 7.55. The largest absolute Gasteiger partial charge is 0.481 e. The molecular weight excluding hydrogens is 360 g/mol. The first kappa shape index (κ1) is 17.9. The summed E-state index contributed by atoms with van der Waals surface area (Å²) >= 11 is 1.43. The molecule has 2 N–H and O–H groups in total. The fraction of sp³-hybridized carbons (Fsp3) is 0.381. The Morgan fingerprint density at radius 2 is 1.81 bits per heavy atom. The number of carboxylic acids is 1. The zero-order valence-corrected chi connectivity index (χ0v) is 16.3. The lowest BCUT2D eigenvalue weighted by atomic mass is 9.82. The van der Waals surface area contributed by atoms with Crippen molar-refractivity contribution in [3.05, 3.63) is 46.4 Å². The van der Waals surface area contributed by atoms with Gasteiger partial charge in [-0.1, -0.05) is 24.3 Å². The summed E-state index contributed by atoms with van der Waals surface area (Å²) in [6.07, 6.45) is 4.68. The fourth-order valence-corrected chi connectivity index (χ4v) is 5.15. The van der Waals surface area contributed by atoms with E-state index in [9.17, 15) is 14.7 Å². The van der Waals surface area contributed by atoms with Gasteiger partial charge in [-0.3, -0.25) is 9.59 Å². The average Bonchev–Trinajstić information content (AvgIpc) is 3.31. The maximum absolute atomic E-state index is 12.8. The van der Waals surface area contributed by atoms with E-state index < -0.39 is 17.8 Å². The summed E-state index contributed by atoms with van der Waals surface area (Å²) in [6, 6.07) is 6.21. The second-order valence-corrected chi connectivity index (χ2v) is 8.75. The lowest BCUT2D eigenvalue weighted by Crippen LogP contribution is -2.36. The standard InChI is InChI=1S/C21H22N2O3S/c1-10-4-5-15(8-11(10)2)18-12(3)27-21(22-18)23-19(24)16-13-6-7-14(9-13)17(16)20(25)26/h4-8,13-14,16-17H,9H2,1-3H3,(H,25,26)(H,22,23,24). The highest BCUT2D eigenvalue weighted by Gasteiger charge is 2.51. The van der Waals surface area contributed by atoms with Gasteiger partial charge in [-0.2, -0.15) is 0 Å². The van der Waals surface area contributed by atoms with E-state index in [2.05, 4.69) is 36.3 Å². The number of aryl methyl sites for hydroxylation is 3. The van der Waals surface area contributed by atoms with Crippen LogP contribution in [-0.2, 0) is 9.59 Å². The fourth-order valence-electron chi connectivity index (χ4n) is 4.31. The molecule has 1 heterocycles. The van der Waals surface area contributed by atoms with Gasteiger partial charge in [0.1, 0.15) is 0 Å². The number of rotatable bonds is 4. The number of carboxylic acid groups (broad SMARTS) is 1. The predicted molar refractivity (Wildman–Crippen MR) is 106 cm³/mol. The Kier molecular flexibility index (Phi) is 4.38. The van der Waals surface area contributed by atoms with Crippen molar-refractivity contribution in [3.63, 3.8) is 0 Å². The molecule has 1 saturated carbocycles. The number of carbonyl (C=O) groups excluding carboxylic acids is 1.